The second kappa shape index (κ2) is 9.58. The second-order valence-corrected chi connectivity index (χ2v) is 12.0. The average Bonchev–Trinajstić information content (AvgIpc) is 3.51. The number of hydrogen-bond donors (Lipinski definition) is 1. The highest BCUT2D eigenvalue weighted by Gasteiger charge is 2.40. The lowest BCUT2D eigenvalue weighted by atomic mass is 10.0. The van der Waals surface area contributed by atoms with Crippen LogP contribution >= 0.6 is 23.2 Å². The summed E-state index contributed by atoms with van der Waals surface area (Å²) in [4.78, 5) is 16.8. The van der Waals surface area contributed by atoms with E-state index in [2.05, 4.69) is 27.1 Å². The van der Waals surface area contributed by atoms with Crippen molar-refractivity contribution < 1.29 is 14.4 Å². The van der Waals surface area contributed by atoms with Crippen LogP contribution in [0.15, 0.2) is 47.1 Å². The molecule has 1 N–H and O–H groups in total. The molecule has 1 aliphatic carbocycles. The maximum Gasteiger partial charge on any atom is 0.337 e. The van der Waals surface area contributed by atoms with Gasteiger partial charge in [0.25, 0.3) is 0 Å². The SMILES string of the molecule is Cn1cc(C(=O)O)c2ccc(N3C4CCC3CN(CCc3c(-c5c(Cl)cccc5Cl)noc3C3CC3)C4)cc21. The van der Waals surface area contributed by atoms with Crippen LogP contribution in [0.2, 0.25) is 10.0 Å². The lowest BCUT2D eigenvalue weighted by Gasteiger charge is -2.42. The van der Waals surface area contributed by atoms with Crippen LogP contribution in [0.5, 0.6) is 0 Å². The molecule has 2 unspecified atom stereocenters. The molecule has 2 aromatic carbocycles. The summed E-state index contributed by atoms with van der Waals surface area (Å²) in [6.07, 6.45) is 7.15. The van der Waals surface area contributed by atoms with Crippen molar-refractivity contribution in [2.24, 2.45) is 7.05 Å². The largest absolute Gasteiger partial charge is 0.478 e. The van der Waals surface area contributed by atoms with Crippen LogP contribution < -0.4 is 4.90 Å². The number of anilines is 1. The minimum Gasteiger partial charge on any atom is -0.478 e. The van der Waals surface area contributed by atoms with E-state index in [0.717, 1.165) is 85.2 Å². The molecule has 3 fully saturated rings. The van der Waals surface area contributed by atoms with Gasteiger partial charge in [-0.3, -0.25) is 4.90 Å². The molecular weight excluding hydrogens is 535 g/mol. The predicted molar refractivity (Wildman–Crippen MR) is 153 cm³/mol. The van der Waals surface area contributed by atoms with E-state index in [0.29, 0.717) is 33.6 Å². The highest BCUT2D eigenvalue weighted by Crippen LogP contribution is 2.46. The number of carboxylic acids is 1. The van der Waals surface area contributed by atoms with Crippen LogP contribution in [-0.4, -0.2) is 57.4 Å². The highest BCUT2D eigenvalue weighted by atomic mass is 35.5. The Bertz CT molecular complexity index is 1560. The zero-order valence-corrected chi connectivity index (χ0v) is 23.3. The third-order valence-electron chi connectivity index (χ3n) is 8.70. The van der Waals surface area contributed by atoms with Crippen molar-refractivity contribution in [3.05, 3.63) is 69.5 Å². The molecule has 39 heavy (non-hydrogen) atoms. The van der Waals surface area contributed by atoms with E-state index in [1.165, 1.54) is 5.69 Å². The number of aromatic carboxylic acids is 1. The van der Waals surface area contributed by atoms with Crippen LogP contribution in [0.4, 0.5) is 5.69 Å². The molecule has 3 aliphatic rings. The summed E-state index contributed by atoms with van der Waals surface area (Å²) >= 11 is 13.1. The molecule has 2 aliphatic heterocycles. The molecule has 0 amide bonds. The smallest absolute Gasteiger partial charge is 0.337 e. The van der Waals surface area contributed by atoms with Gasteiger partial charge < -0.3 is 19.1 Å². The number of piperazine rings is 1. The zero-order chi connectivity index (χ0) is 26.8. The first-order chi connectivity index (χ1) is 18.9. The number of hydrogen-bond acceptors (Lipinski definition) is 5. The fourth-order valence-electron chi connectivity index (χ4n) is 6.72. The monoisotopic (exact) mass is 564 g/mol. The van der Waals surface area contributed by atoms with Gasteiger partial charge >= 0.3 is 5.97 Å². The molecule has 0 spiro atoms. The summed E-state index contributed by atoms with van der Waals surface area (Å²) in [7, 11) is 1.91. The molecule has 2 saturated heterocycles. The number of carbonyl (C=O) groups is 1. The third kappa shape index (κ3) is 4.31. The number of carboxylic acid groups (broad SMARTS) is 1. The van der Waals surface area contributed by atoms with Crippen LogP contribution in [0.1, 0.15) is 53.3 Å². The normalized spacial score (nSPS) is 21.3. The number of aryl methyl sites for hydroxylation is 1. The summed E-state index contributed by atoms with van der Waals surface area (Å²) < 4.78 is 7.80. The first kappa shape index (κ1) is 25.0. The fraction of sp³-hybridized carbons (Fsp3) is 0.400. The molecule has 9 heteroatoms. The summed E-state index contributed by atoms with van der Waals surface area (Å²) in [6, 6.07) is 12.6. The van der Waals surface area contributed by atoms with Crippen molar-refractivity contribution in [2.75, 3.05) is 24.5 Å². The van der Waals surface area contributed by atoms with Gasteiger partial charge in [0.2, 0.25) is 0 Å². The Balaban J connectivity index is 1.11. The highest BCUT2D eigenvalue weighted by molar-refractivity contribution is 6.39. The van der Waals surface area contributed by atoms with Gasteiger partial charge in [-0.1, -0.05) is 34.4 Å². The summed E-state index contributed by atoms with van der Waals surface area (Å²) in [6.45, 7) is 2.91. The summed E-state index contributed by atoms with van der Waals surface area (Å²) in [5.74, 6) is 0.559. The maximum absolute atomic E-state index is 11.7. The Morgan fingerprint density at radius 2 is 1.79 bits per heavy atom. The number of halogens is 2. The van der Waals surface area contributed by atoms with E-state index >= 15 is 0 Å². The summed E-state index contributed by atoms with van der Waals surface area (Å²) in [5.41, 5.74) is 5.18. The molecule has 1 saturated carbocycles. The van der Waals surface area contributed by atoms with Crippen molar-refractivity contribution in [3.8, 4) is 11.3 Å². The molecule has 4 heterocycles. The standard InChI is InChI=1S/C30H30Cl2N4O3/c1-34-16-23(30(37)38)21-10-9-18(13-26(21)34)36-19-7-8-20(36)15-35(14-19)12-11-22-28(33-39-29(22)17-5-6-17)27-24(31)3-2-4-25(27)32/h2-4,9-10,13,16-17,19-20H,5-8,11-12,14-15H2,1H3,(H,37,38). The van der Waals surface area contributed by atoms with Gasteiger partial charge in [-0.15, -0.1) is 0 Å². The molecule has 202 valence electrons. The van der Waals surface area contributed by atoms with Gasteiger partial charge in [-0.05, 0) is 62.4 Å². The van der Waals surface area contributed by atoms with Crippen molar-refractivity contribution >= 4 is 45.8 Å². The first-order valence-corrected chi connectivity index (χ1v) is 14.4. The van der Waals surface area contributed by atoms with Crippen molar-refractivity contribution in [3.63, 3.8) is 0 Å². The topological polar surface area (TPSA) is 74.7 Å². The van der Waals surface area contributed by atoms with Gasteiger partial charge in [0.15, 0.2) is 0 Å². The van der Waals surface area contributed by atoms with Gasteiger partial charge in [0.1, 0.15) is 11.5 Å². The number of nitrogens with zero attached hydrogens (tertiary/aromatic N) is 4. The number of likely N-dealkylation sites (tertiary alicyclic amines) is 1. The molecule has 2 atom stereocenters. The quantitative estimate of drug-likeness (QED) is 0.272. The minimum atomic E-state index is -0.889. The number of benzene rings is 2. The van der Waals surface area contributed by atoms with Crippen molar-refractivity contribution in [2.45, 2.75) is 50.1 Å². The van der Waals surface area contributed by atoms with Crippen molar-refractivity contribution in [1.29, 1.82) is 0 Å². The van der Waals surface area contributed by atoms with Crippen LogP contribution in [0, 0.1) is 0 Å². The van der Waals surface area contributed by atoms with Crippen molar-refractivity contribution in [1.82, 2.24) is 14.6 Å². The van der Waals surface area contributed by atoms with E-state index in [4.69, 9.17) is 27.7 Å². The Morgan fingerprint density at radius 1 is 1.08 bits per heavy atom. The van der Waals surface area contributed by atoms with Crippen LogP contribution in [-0.2, 0) is 13.5 Å². The molecular formula is C30H30Cl2N4O3. The maximum atomic E-state index is 11.7. The minimum absolute atomic E-state index is 0.351. The number of aromatic nitrogens is 2. The Hall–Kier alpha value is -3.00. The van der Waals surface area contributed by atoms with Gasteiger partial charge in [-0.2, -0.15) is 0 Å². The third-order valence-corrected chi connectivity index (χ3v) is 9.33. The molecule has 2 bridgehead atoms. The van der Waals surface area contributed by atoms with Gasteiger partial charge in [0, 0.05) is 73.1 Å². The molecule has 4 aromatic rings. The lowest BCUT2D eigenvalue weighted by Crippen LogP contribution is -2.54. The Morgan fingerprint density at radius 3 is 2.46 bits per heavy atom. The Labute approximate surface area is 236 Å². The number of fused-ring (bicyclic) bond motifs is 3. The first-order valence-electron chi connectivity index (χ1n) is 13.6. The molecule has 2 aromatic heterocycles. The van der Waals surface area contributed by atoms with Gasteiger partial charge in [-0.25, -0.2) is 4.79 Å². The Kier molecular flexibility index (Phi) is 6.14. The zero-order valence-electron chi connectivity index (χ0n) is 21.7. The summed E-state index contributed by atoms with van der Waals surface area (Å²) in [5, 5.41) is 16.0. The van der Waals surface area contributed by atoms with E-state index in [9.17, 15) is 9.90 Å². The van der Waals surface area contributed by atoms with Crippen LogP contribution in [0.25, 0.3) is 22.2 Å². The molecule has 0 radical (unpaired) electrons. The van der Waals surface area contributed by atoms with Gasteiger partial charge in [0.05, 0.1) is 21.1 Å². The van der Waals surface area contributed by atoms with E-state index in [1.54, 1.807) is 6.20 Å². The average molecular weight is 566 g/mol. The molecule has 7 rings (SSSR count). The van der Waals surface area contributed by atoms with Crippen LogP contribution in [0.3, 0.4) is 0 Å². The van der Waals surface area contributed by atoms with E-state index in [-0.39, 0.29) is 0 Å². The molecule has 7 nitrogen and oxygen atoms in total. The predicted octanol–water partition coefficient (Wildman–Crippen LogP) is 6.61. The number of rotatable bonds is 7. The second-order valence-electron chi connectivity index (χ2n) is 11.2. The van der Waals surface area contributed by atoms with E-state index in [1.807, 2.05) is 35.9 Å². The lowest BCUT2D eigenvalue weighted by molar-refractivity contribution is 0.0699. The van der Waals surface area contributed by atoms with E-state index < -0.39 is 5.97 Å². The fourth-order valence-corrected chi connectivity index (χ4v) is 7.29.